The molecule has 4 nitrogen and oxygen atoms in total. The minimum Gasteiger partial charge on any atom is -0.371 e. The number of piperidine rings is 1. The van der Waals surface area contributed by atoms with Crippen LogP contribution >= 0.6 is 11.6 Å². The third kappa shape index (κ3) is 6.01. The molecule has 2 aliphatic rings. The van der Waals surface area contributed by atoms with E-state index in [2.05, 4.69) is 10.2 Å². The Morgan fingerprint density at radius 2 is 1.78 bits per heavy atom. The molecule has 1 aromatic carbocycles. The lowest BCUT2D eigenvalue weighted by Crippen LogP contribution is -2.44. The number of benzene rings is 1. The average Bonchev–Trinajstić information content (AvgIpc) is 3.08. The Morgan fingerprint density at radius 1 is 1.11 bits per heavy atom. The molecule has 2 heterocycles. The lowest BCUT2D eigenvalue weighted by atomic mass is 9.95. The Hall–Kier alpha value is -1.47. The quantitative estimate of drug-likeness (QED) is 0.816. The van der Waals surface area contributed by atoms with Crippen molar-refractivity contribution in [1.29, 1.82) is 0 Å². The Balaban J connectivity index is 1.38. The second-order valence-corrected chi connectivity index (χ2v) is 7.92. The molecule has 1 amide bonds. The average molecular weight is 404 g/mol. The SMILES string of the molecule is O=C(NCC1CCN(c2ccc(Cl)cc2)C1)C1CCN(CC(F)(F)F)CC1. The molecule has 2 fully saturated rings. The topological polar surface area (TPSA) is 35.6 Å². The maximum Gasteiger partial charge on any atom is 0.401 e. The van der Waals surface area contributed by atoms with Gasteiger partial charge < -0.3 is 10.2 Å². The number of carbonyl (C=O) groups excluding carboxylic acids is 1. The Labute approximate surface area is 162 Å². The number of nitrogens with zero attached hydrogens (tertiary/aromatic N) is 2. The molecule has 0 saturated carbocycles. The molecule has 2 saturated heterocycles. The van der Waals surface area contributed by atoms with Crippen LogP contribution in [-0.2, 0) is 4.79 Å². The Morgan fingerprint density at radius 3 is 2.41 bits per heavy atom. The van der Waals surface area contributed by atoms with Gasteiger partial charge >= 0.3 is 6.18 Å². The van der Waals surface area contributed by atoms with Crippen LogP contribution in [0.5, 0.6) is 0 Å². The van der Waals surface area contributed by atoms with Gasteiger partial charge in [-0.15, -0.1) is 0 Å². The first-order valence-electron chi connectivity index (χ1n) is 9.37. The van der Waals surface area contributed by atoms with Gasteiger partial charge in [0.1, 0.15) is 0 Å². The third-order valence-corrected chi connectivity index (χ3v) is 5.66. The van der Waals surface area contributed by atoms with E-state index >= 15 is 0 Å². The number of halogens is 4. The van der Waals surface area contributed by atoms with E-state index in [1.165, 1.54) is 4.90 Å². The molecular formula is C19H25ClF3N3O. The van der Waals surface area contributed by atoms with Crippen LogP contribution in [0.3, 0.4) is 0 Å². The predicted molar refractivity (Wildman–Crippen MR) is 100 cm³/mol. The van der Waals surface area contributed by atoms with Gasteiger partial charge in [0.25, 0.3) is 0 Å². The molecule has 1 unspecified atom stereocenters. The molecule has 150 valence electrons. The zero-order chi connectivity index (χ0) is 19.4. The van der Waals surface area contributed by atoms with Crippen LogP contribution in [0.4, 0.5) is 18.9 Å². The number of carbonyl (C=O) groups is 1. The fourth-order valence-corrected chi connectivity index (χ4v) is 4.01. The summed E-state index contributed by atoms with van der Waals surface area (Å²) >= 11 is 5.92. The minimum absolute atomic E-state index is 0.0217. The molecule has 1 atom stereocenters. The smallest absolute Gasteiger partial charge is 0.371 e. The highest BCUT2D eigenvalue weighted by Crippen LogP contribution is 2.26. The van der Waals surface area contributed by atoms with Gasteiger partial charge in [0.2, 0.25) is 5.91 Å². The van der Waals surface area contributed by atoms with Crippen LogP contribution in [0.1, 0.15) is 19.3 Å². The molecule has 0 radical (unpaired) electrons. The number of amides is 1. The molecule has 27 heavy (non-hydrogen) atoms. The van der Waals surface area contributed by atoms with Crippen molar-refractivity contribution in [1.82, 2.24) is 10.2 Å². The van der Waals surface area contributed by atoms with Crippen LogP contribution in [0.2, 0.25) is 5.02 Å². The molecule has 8 heteroatoms. The summed E-state index contributed by atoms with van der Waals surface area (Å²) in [6.45, 7) is 2.20. The summed E-state index contributed by atoms with van der Waals surface area (Å²) in [6, 6.07) is 7.74. The van der Waals surface area contributed by atoms with Gasteiger partial charge in [0, 0.05) is 36.3 Å². The molecule has 1 N–H and O–H groups in total. The number of rotatable bonds is 5. The number of hydrogen-bond donors (Lipinski definition) is 1. The van der Waals surface area contributed by atoms with Crippen molar-refractivity contribution in [2.45, 2.75) is 25.4 Å². The molecule has 0 bridgehead atoms. The van der Waals surface area contributed by atoms with Crippen molar-refractivity contribution in [3.05, 3.63) is 29.3 Å². The summed E-state index contributed by atoms with van der Waals surface area (Å²) < 4.78 is 37.3. The van der Waals surface area contributed by atoms with E-state index in [1.807, 2.05) is 24.3 Å². The Bertz CT molecular complexity index is 630. The number of likely N-dealkylation sites (tertiary alicyclic amines) is 1. The fraction of sp³-hybridized carbons (Fsp3) is 0.632. The van der Waals surface area contributed by atoms with Gasteiger partial charge in [-0.25, -0.2) is 0 Å². The first-order valence-corrected chi connectivity index (χ1v) is 9.75. The summed E-state index contributed by atoms with van der Waals surface area (Å²) in [5.41, 5.74) is 1.13. The summed E-state index contributed by atoms with van der Waals surface area (Å²) in [4.78, 5) is 16.0. The highest BCUT2D eigenvalue weighted by atomic mass is 35.5. The lowest BCUT2D eigenvalue weighted by Gasteiger charge is -2.31. The third-order valence-electron chi connectivity index (χ3n) is 5.40. The highest BCUT2D eigenvalue weighted by Gasteiger charge is 2.34. The molecule has 0 aliphatic carbocycles. The summed E-state index contributed by atoms with van der Waals surface area (Å²) in [5.74, 6) is 0.185. The van der Waals surface area contributed by atoms with Crippen molar-refractivity contribution < 1.29 is 18.0 Å². The van der Waals surface area contributed by atoms with Gasteiger partial charge in [0.05, 0.1) is 6.54 Å². The number of nitrogens with one attached hydrogen (secondary N) is 1. The maximum atomic E-state index is 12.4. The lowest BCUT2D eigenvalue weighted by molar-refractivity contribution is -0.149. The van der Waals surface area contributed by atoms with Crippen LogP contribution < -0.4 is 10.2 Å². The summed E-state index contributed by atoms with van der Waals surface area (Å²) in [5, 5.41) is 3.72. The first kappa shape index (κ1) is 20.3. The van der Waals surface area contributed by atoms with E-state index in [9.17, 15) is 18.0 Å². The normalized spacial score (nSPS) is 22.2. The monoisotopic (exact) mass is 403 g/mol. The van der Waals surface area contributed by atoms with Gasteiger partial charge in [-0.2, -0.15) is 13.2 Å². The maximum absolute atomic E-state index is 12.4. The van der Waals surface area contributed by atoms with Crippen LogP contribution in [-0.4, -0.2) is 56.3 Å². The standard InChI is InChI=1S/C19H25ClF3N3O/c20-16-1-3-17(4-2-16)26-10-5-14(12-26)11-24-18(27)15-6-8-25(9-7-15)13-19(21,22)23/h1-4,14-15H,5-13H2,(H,24,27). The predicted octanol–water partition coefficient (Wildman–Crippen LogP) is 3.56. The van der Waals surface area contributed by atoms with E-state index < -0.39 is 12.7 Å². The van der Waals surface area contributed by atoms with Crippen LogP contribution in [0.15, 0.2) is 24.3 Å². The van der Waals surface area contributed by atoms with Crippen LogP contribution in [0, 0.1) is 11.8 Å². The van der Waals surface area contributed by atoms with Crippen molar-refractivity contribution in [3.63, 3.8) is 0 Å². The van der Waals surface area contributed by atoms with E-state index in [1.54, 1.807) is 0 Å². The largest absolute Gasteiger partial charge is 0.401 e. The molecule has 0 spiro atoms. The van der Waals surface area contributed by atoms with Crippen LogP contribution in [0.25, 0.3) is 0 Å². The zero-order valence-corrected chi connectivity index (χ0v) is 15.9. The molecular weight excluding hydrogens is 379 g/mol. The summed E-state index contributed by atoms with van der Waals surface area (Å²) in [6.07, 6.45) is -2.19. The van der Waals surface area contributed by atoms with Crippen molar-refractivity contribution in [2.24, 2.45) is 11.8 Å². The molecule has 0 aromatic heterocycles. The second kappa shape index (κ2) is 8.69. The zero-order valence-electron chi connectivity index (χ0n) is 15.1. The van der Waals surface area contributed by atoms with Gasteiger partial charge in [0.15, 0.2) is 0 Å². The molecule has 2 aliphatic heterocycles. The van der Waals surface area contributed by atoms with Gasteiger partial charge in [-0.1, -0.05) is 11.6 Å². The summed E-state index contributed by atoms with van der Waals surface area (Å²) in [7, 11) is 0. The van der Waals surface area contributed by atoms with Gasteiger partial charge in [-0.3, -0.25) is 9.69 Å². The van der Waals surface area contributed by atoms with Crippen molar-refractivity contribution >= 4 is 23.2 Å². The fourth-order valence-electron chi connectivity index (χ4n) is 3.88. The van der Waals surface area contributed by atoms with E-state index in [-0.39, 0.29) is 11.8 Å². The minimum atomic E-state index is -4.17. The van der Waals surface area contributed by atoms with E-state index in [0.717, 1.165) is 25.2 Å². The van der Waals surface area contributed by atoms with Crippen molar-refractivity contribution in [2.75, 3.05) is 44.2 Å². The number of anilines is 1. The molecule has 1 aromatic rings. The Kier molecular flexibility index (Phi) is 6.52. The second-order valence-electron chi connectivity index (χ2n) is 7.49. The number of hydrogen-bond acceptors (Lipinski definition) is 3. The highest BCUT2D eigenvalue weighted by molar-refractivity contribution is 6.30. The first-order chi connectivity index (χ1) is 12.8. The number of alkyl halides is 3. The van der Waals surface area contributed by atoms with Crippen molar-refractivity contribution in [3.8, 4) is 0 Å². The molecule has 3 rings (SSSR count). The van der Waals surface area contributed by atoms with E-state index in [4.69, 9.17) is 11.6 Å². The van der Waals surface area contributed by atoms with E-state index in [0.29, 0.717) is 43.4 Å². The van der Waals surface area contributed by atoms with Gasteiger partial charge in [-0.05, 0) is 62.5 Å².